The fourth-order valence-corrected chi connectivity index (χ4v) is 7.86. The smallest absolute Gasteiger partial charge is 0.251 e. The van der Waals surface area contributed by atoms with Crippen LogP contribution in [-0.2, 0) is 26.6 Å². The average Bonchev–Trinajstić information content (AvgIpc) is 3.64. The molecule has 0 saturated heterocycles. The molecule has 0 radical (unpaired) electrons. The maximum Gasteiger partial charge on any atom is 0.251 e. The number of nitrogens with zero attached hydrogens (tertiary/aromatic N) is 3. The number of hydrogen-bond acceptors (Lipinski definition) is 6. The third kappa shape index (κ3) is 12.2. The maximum atomic E-state index is 13.8. The summed E-state index contributed by atoms with van der Waals surface area (Å²) in [5.41, 5.74) is 5.04. The molecule has 2 amide bonds. The van der Waals surface area contributed by atoms with Crippen molar-refractivity contribution in [3.63, 3.8) is 0 Å². The standard InChI is InChI=1S/C45H57N5O4S/c1-5-6-30-53-31-32-54-40-21-16-36(17-22-40)42-25-18-37(12-11-29-50(42,33-35(2)3)39-13-8-7-9-14-39)45(52)48-38-19-23-41(24-20-38)55-34-43-47-26-28-49(43)27-10-15-44(51)46-4/h7-9,13-14,16-26,28,35H,5-6,10-12,15,27,29-34H2,1-4H3,(H-,46,48,51,52)/p+1. The normalized spacial score (nSPS) is 15.8. The summed E-state index contributed by atoms with van der Waals surface area (Å²) in [4.78, 5) is 31.0. The van der Waals surface area contributed by atoms with Crippen LogP contribution < -0.4 is 19.9 Å². The molecule has 0 aliphatic carbocycles. The zero-order valence-electron chi connectivity index (χ0n) is 33.0. The number of unbranched alkanes of at least 4 members (excludes halogenated alkanes) is 1. The van der Waals surface area contributed by atoms with Crippen LogP contribution in [0.3, 0.4) is 0 Å². The van der Waals surface area contributed by atoms with Crippen LogP contribution in [0.5, 0.6) is 5.75 Å². The van der Waals surface area contributed by atoms with Gasteiger partial charge in [0.2, 0.25) is 5.91 Å². The number of benzene rings is 3. The first-order chi connectivity index (χ1) is 26.8. The second kappa shape index (κ2) is 21.5. The van der Waals surface area contributed by atoms with Gasteiger partial charge in [-0.05, 0) is 86.0 Å². The lowest BCUT2D eigenvalue weighted by Gasteiger charge is -2.41. The molecule has 292 valence electrons. The van der Waals surface area contributed by atoms with E-state index in [0.29, 0.717) is 42.2 Å². The molecular weight excluding hydrogens is 707 g/mol. The van der Waals surface area contributed by atoms with Gasteiger partial charge in [-0.3, -0.25) is 14.1 Å². The van der Waals surface area contributed by atoms with Crippen molar-refractivity contribution in [3.8, 4) is 5.75 Å². The first-order valence-electron chi connectivity index (χ1n) is 19.7. The van der Waals surface area contributed by atoms with E-state index >= 15 is 0 Å². The summed E-state index contributed by atoms with van der Waals surface area (Å²) in [6.07, 6.45) is 12.9. The molecule has 55 heavy (non-hydrogen) atoms. The lowest BCUT2D eigenvalue weighted by Crippen LogP contribution is -2.51. The number of anilines is 1. The van der Waals surface area contributed by atoms with Gasteiger partial charge in [0.05, 0.1) is 25.4 Å². The number of aromatic nitrogens is 2. The van der Waals surface area contributed by atoms with Gasteiger partial charge in [0, 0.05) is 79.1 Å². The fraction of sp³-hybridized carbons (Fsp3) is 0.400. The number of para-hydroxylation sites is 1. The van der Waals surface area contributed by atoms with E-state index in [-0.39, 0.29) is 11.8 Å². The molecule has 4 aromatic rings. The van der Waals surface area contributed by atoms with Crippen LogP contribution >= 0.6 is 11.8 Å². The summed E-state index contributed by atoms with van der Waals surface area (Å²) in [5, 5.41) is 5.83. The molecule has 1 unspecified atom stereocenters. The zero-order valence-corrected chi connectivity index (χ0v) is 33.8. The highest BCUT2D eigenvalue weighted by atomic mass is 32.2. The van der Waals surface area contributed by atoms with E-state index in [2.05, 4.69) is 89.5 Å². The minimum Gasteiger partial charge on any atom is -0.491 e. The molecule has 0 fully saturated rings. The first kappa shape index (κ1) is 41.5. The van der Waals surface area contributed by atoms with Gasteiger partial charge in [-0.25, -0.2) is 4.98 Å². The van der Waals surface area contributed by atoms with Gasteiger partial charge in [-0.15, -0.1) is 11.8 Å². The molecule has 2 heterocycles. The van der Waals surface area contributed by atoms with E-state index in [4.69, 9.17) is 9.47 Å². The van der Waals surface area contributed by atoms with Crippen LogP contribution in [0.25, 0.3) is 5.70 Å². The Labute approximate surface area is 331 Å². The van der Waals surface area contributed by atoms with Crippen molar-refractivity contribution in [2.75, 3.05) is 45.3 Å². The molecular formula is C45H58N5O4S+. The van der Waals surface area contributed by atoms with E-state index < -0.39 is 0 Å². The predicted octanol–water partition coefficient (Wildman–Crippen LogP) is 9.26. The number of hydrogen-bond donors (Lipinski definition) is 2. The Hall–Kier alpha value is -4.64. The van der Waals surface area contributed by atoms with Crippen molar-refractivity contribution in [2.24, 2.45) is 5.92 Å². The van der Waals surface area contributed by atoms with Crippen LogP contribution in [0.2, 0.25) is 0 Å². The molecule has 1 atom stereocenters. The summed E-state index contributed by atoms with van der Waals surface area (Å²) in [5.74, 6) is 2.91. The van der Waals surface area contributed by atoms with Gasteiger partial charge in [0.25, 0.3) is 5.91 Å². The number of ether oxygens (including phenoxy) is 2. The maximum absolute atomic E-state index is 13.8. The number of imidazole rings is 1. The van der Waals surface area contributed by atoms with E-state index in [1.54, 1.807) is 25.0 Å². The highest BCUT2D eigenvalue weighted by Crippen LogP contribution is 2.39. The van der Waals surface area contributed by atoms with E-state index in [1.807, 2.05) is 48.7 Å². The number of nitrogens with one attached hydrogen (secondary N) is 2. The largest absolute Gasteiger partial charge is 0.491 e. The van der Waals surface area contributed by atoms with Crippen molar-refractivity contribution in [2.45, 2.75) is 76.5 Å². The van der Waals surface area contributed by atoms with Crippen LogP contribution in [0.15, 0.2) is 114 Å². The highest BCUT2D eigenvalue weighted by molar-refractivity contribution is 7.98. The summed E-state index contributed by atoms with van der Waals surface area (Å²) >= 11 is 1.70. The van der Waals surface area contributed by atoms with Gasteiger partial charge in [0.1, 0.15) is 29.6 Å². The molecule has 10 heteroatoms. The topological polar surface area (TPSA) is 94.5 Å². The number of quaternary nitrogens is 1. The number of carbonyl (C=O) groups is 2. The summed E-state index contributed by atoms with van der Waals surface area (Å²) < 4.78 is 14.5. The third-order valence-electron chi connectivity index (χ3n) is 9.76. The second-order valence-electron chi connectivity index (χ2n) is 14.4. The van der Waals surface area contributed by atoms with Crippen LogP contribution in [0.1, 0.15) is 70.7 Å². The number of rotatable bonds is 20. The molecule has 0 bridgehead atoms. The molecule has 5 rings (SSSR count). The molecule has 2 N–H and O–H groups in total. The Kier molecular flexibility index (Phi) is 16.2. The van der Waals surface area contributed by atoms with E-state index in [0.717, 1.165) is 90.9 Å². The minimum atomic E-state index is -0.0803. The Balaban J connectivity index is 1.30. The van der Waals surface area contributed by atoms with Crippen LogP contribution in [0, 0.1) is 5.92 Å². The molecule has 1 aliphatic heterocycles. The number of thioether (sulfide) groups is 1. The SMILES string of the molecule is CCCCOCCOc1ccc(C2=CC=C(C(=O)Nc3ccc(SCc4nccn4CCCC(=O)NC)cc3)CCC[N+]2(CC(C)C)c2ccccc2)cc1. The van der Waals surface area contributed by atoms with E-state index in [9.17, 15) is 9.59 Å². The number of aryl methyl sites for hydroxylation is 1. The summed E-state index contributed by atoms with van der Waals surface area (Å²) in [6, 6.07) is 27.1. The van der Waals surface area contributed by atoms with Gasteiger partial charge in [-0.1, -0.05) is 45.4 Å². The first-order valence-corrected chi connectivity index (χ1v) is 20.7. The van der Waals surface area contributed by atoms with E-state index in [1.165, 1.54) is 5.69 Å². The zero-order chi connectivity index (χ0) is 38.9. The van der Waals surface area contributed by atoms with Crippen molar-refractivity contribution in [1.82, 2.24) is 19.4 Å². The molecule has 0 spiro atoms. The average molecular weight is 765 g/mol. The lowest BCUT2D eigenvalue weighted by molar-refractivity contribution is -0.120. The molecule has 3 aromatic carbocycles. The lowest BCUT2D eigenvalue weighted by atomic mass is 9.97. The Bertz CT molecular complexity index is 1850. The van der Waals surface area contributed by atoms with Crippen molar-refractivity contribution >= 4 is 40.6 Å². The van der Waals surface area contributed by atoms with Crippen molar-refractivity contribution < 1.29 is 19.1 Å². The monoisotopic (exact) mass is 764 g/mol. The van der Waals surface area contributed by atoms with Crippen LogP contribution in [-0.4, -0.2) is 61.3 Å². The Morgan fingerprint density at radius 1 is 0.945 bits per heavy atom. The number of carbonyl (C=O) groups excluding carboxylic acids is 2. The highest BCUT2D eigenvalue weighted by Gasteiger charge is 2.38. The van der Waals surface area contributed by atoms with Gasteiger partial charge < -0.3 is 24.7 Å². The van der Waals surface area contributed by atoms with Gasteiger partial charge >= 0.3 is 0 Å². The Morgan fingerprint density at radius 3 is 2.45 bits per heavy atom. The molecule has 0 saturated carbocycles. The summed E-state index contributed by atoms with van der Waals surface area (Å²) in [7, 11) is 1.66. The number of allylic oxidation sites excluding steroid dienone is 2. The quantitative estimate of drug-likeness (QED) is 0.0530. The van der Waals surface area contributed by atoms with Crippen molar-refractivity contribution in [3.05, 3.63) is 120 Å². The second-order valence-corrected chi connectivity index (χ2v) is 15.4. The van der Waals surface area contributed by atoms with Gasteiger partial charge in [-0.2, -0.15) is 0 Å². The Morgan fingerprint density at radius 2 is 1.73 bits per heavy atom. The molecule has 1 aliphatic rings. The minimum absolute atomic E-state index is 0.0494. The molecule has 1 aromatic heterocycles. The predicted molar refractivity (Wildman–Crippen MR) is 226 cm³/mol. The van der Waals surface area contributed by atoms with Gasteiger partial charge in [0.15, 0.2) is 0 Å². The molecule has 9 nitrogen and oxygen atoms in total. The summed E-state index contributed by atoms with van der Waals surface area (Å²) in [6.45, 7) is 11.1. The fourth-order valence-electron chi connectivity index (χ4n) is 7.00. The van der Waals surface area contributed by atoms with Crippen molar-refractivity contribution in [1.29, 1.82) is 0 Å². The number of amides is 2. The van der Waals surface area contributed by atoms with Crippen LogP contribution in [0.4, 0.5) is 11.4 Å². The third-order valence-corrected chi connectivity index (χ3v) is 10.8.